The van der Waals surface area contributed by atoms with Gasteiger partial charge in [0.2, 0.25) is 0 Å². The van der Waals surface area contributed by atoms with Crippen LogP contribution in [-0.2, 0) is 14.3 Å². The van der Waals surface area contributed by atoms with Gasteiger partial charge >= 0.3 is 11.9 Å². The first-order valence-corrected chi connectivity index (χ1v) is 4.15. The molecular weight excluding hydrogens is 186 g/mol. The van der Waals surface area contributed by atoms with Crippen LogP contribution in [0.1, 0.15) is 20.8 Å². The highest BCUT2D eigenvalue weighted by atomic mass is 16.6. The van der Waals surface area contributed by atoms with E-state index in [9.17, 15) is 9.59 Å². The van der Waals surface area contributed by atoms with E-state index in [-0.39, 0.29) is 6.54 Å². The first kappa shape index (κ1) is 12.6. The quantitative estimate of drug-likeness (QED) is 0.296. The van der Waals surface area contributed by atoms with E-state index in [0.717, 1.165) is 6.08 Å². The van der Waals surface area contributed by atoms with Crippen LogP contribution >= 0.6 is 0 Å². The molecule has 0 aromatic carbocycles. The zero-order valence-corrected chi connectivity index (χ0v) is 8.53. The molecule has 0 heterocycles. The number of hydrogen-bond acceptors (Lipinski definition) is 4. The Balaban J connectivity index is 4.64. The van der Waals surface area contributed by atoms with Crippen LogP contribution in [0.4, 0.5) is 0 Å². The summed E-state index contributed by atoms with van der Waals surface area (Å²) >= 11 is 0. The van der Waals surface area contributed by atoms with Gasteiger partial charge in [0.1, 0.15) is 11.2 Å². The van der Waals surface area contributed by atoms with Crippen LogP contribution in [0.3, 0.4) is 0 Å². The van der Waals surface area contributed by atoms with Crippen molar-refractivity contribution in [2.45, 2.75) is 26.4 Å². The third-order valence-corrected chi connectivity index (χ3v) is 1.17. The van der Waals surface area contributed by atoms with E-state index in [4.69, 9.17) is 15.6 Å². The molecule has 0 aromatic heterocycles. The zero-order valence-electron chi connectivity index (χ0n) is 8.53. The van der Waals surface area contributed by atoms with Gasteiger partial charge in [-0.05, 0) is 26.8 Å². The first-order chi connectivity index (χ1) is 6.28. The maximum atomic E-state index is 11.3. The molecule has 0 saturated carbocycles. The van der Waals surface area contributed by atoms with E-state index in [1.165, 1.54) is 0 Å². The fourth-order valence-electron chi connectivity index (χ4n) is 0.709. The van der Waals surface area contributed by atoms with Crippen LogP contribution in [0.2, 0.25) is 0 Å². The van der Waals surface area contributed by atoms with Gasteiger partial charge in [-0.2, -0.15) is 0 Å². The summed E-state index contributed by atoms with van der Waals surface area (Å²) in [7, 11) is 0. The number of aliphatic carboxylic acids is 1. The second-order valence-corrected chi connectivity index (χ2v) is 3.66. The number of carboxylic acid groups (broad SMARTS) is 1. The van der Waals surface area contributed by atoms with Crippen molar-refractivity contribution in [3.05, 3.63) is 11.6 Å². The highest BCUT2D eigenvalue weighted by molar-refractivity contribution is 6.13. The second kappa shape index (κ2) is 4.76. The minimum atomic E-state index is -1.33. The molecule has 0 aliphatic carbocycles. The molecule has 0 unspecified atom stereocenters. The summed E-state index contributed by atoms with van der Waals surface area (Å²) in [6.45, 7) is 4.97. The minimum Gasteiger partial charge on any atom is -0.477 e. The van der Waals surface area contributed by atoms with Gasteiger partial charge < -0.3 is 15.6 Å². The SMILES string of the molecule is CC(C)(C)OC(=O)C(=CCN)C(=O)O. The Labute approximate surface area is 82.5 Å². The summed E-state index contributed by atoms with van der Waals surface area (Å²) in [5.74, 6) is -2.19. The predicted octanol–water partition coefficient (Wildman–Crippen LogP) is 0.298. The van der Waals surface area contributed by atoms with Crippen LogP contribution in [0.25, 0.3) is 0 Å². The first-order valence-electron chi connectivity index (χ1n) is 4.15. The van der Waals surface area contributed by atoms with Gasteiger partial charge in [-0.25, -0.2) is 9.59 Å². The molecule has 80 valence electrons. The molecule has 0 atom stereocenters. The molecule has 5 nitrogen and oxygen atoms in total. The third-order valence-electron chi connectivity index (χ3n) is 1.17. The highest BCUT2D eigenvalue weighted by Crippen LogP contribution is 2.10. The molecule has 5 heteroatoms. The van der Waals surface area contributed by atoms with Gasteiger partial charge in [-0.1, -0.05) is 0 Å². The van der Waals surface area contributed by atoms with Gasteiger partial charge in [0.05, 0.1) is 0 Å². The number of carboxylic acids is 1. The molecule has 0 rings (SSSR count). The second-order valence-electron chi connectivity index (χ2n) is 3.66. The molecule has 0 bridgehead atoms. The number of carbonyl (C=O) groups excluding carboxylic acids is 1. The standard InChI is InChI=1S/C9H15NO4/c1-9(2,3)14-8(13)6(4-5-10)7(11)12/h4H,5,10H2,1-3H3,(H,11,12). The normalized spacial score (nSPS) is 12.4. The highest BCUT2D eigenvalue weighted by Gasteiger charge is 2.23. The molecular formula is C9H15NO4. The summed E-state index contributed by atoms with van der Waals surface area (Å²) in [4.78, 5) is 21.9. The minimum absolute atomic E-state index is 0.0130. The monoisotopic (exact) mass is 201 g/mol. The van der Waals surface area contributed by atoms with E-state index in [1.54, 1.807) is 20.8 Å². The van der Waals surface area contributed by atoms with Crippen molar-refractivity contribution < 1.29 is 19.4 Å². The molecule has 0 radical (unpaired) electrons. The Hall–Kier alpha value is -1.36. The van der Waals surface area contributed by atoms with Crippen molar-refractivity contribution in [2.75, 3.05) is 6.54 Å². The Morgan fingerprint density at radius 1 is 1.43 bits per heavy atom. The van der Waals surface area contributed by atoms with Crippen molar-refractivity contribution in [3.8, 4) is 0 Å². The molecule has 0 amide bonds. The molecule has 3 N–H and O–H groups in total. The lowest BCUT2D eigenvalue weighted by Crippen LogP contribution is -2.27. The summed E-state index contributed by atoms with van der Waals surface area (Å²) in [5, 5.41) is 8.65. The van der Waals surface area contributed by atoms with Crippen molar-refractivity contribution in [3.63, 3.8) is 0 Å². The van der Waals surface area contributed by atoms with Crippen molar-refractivity contribution in [1.29, 1.82) is 0 Å². The molecule has 0 aliphatic rings. The van der Waals surface area contributed by atoms with Crippen molar-refractivity contribution in [1.82, 2.24) is 0 Å². The largest absolute Gasteiger partial charge is 0.477 e. The number of nitrogens with two attached hydrogens (primary N) is 1. The van der Waals surface area contributed by atoms with E-state index in [1.807, 2.05) is 0 Å². The summed E-state index contributed by atoms with van der Waals surface area (Å²) < 4.78 is 4.87. The molecule has 0 saturated heterocycles. The Morgan fingerprint density at radius 2 is 1.93 bits per heavy atom. The zero-order chi connectivity index (χ0) is 11.4. The van der Waals surface area contributed by atoms with Crippen LogP contribution in [0.5, 0.6) is 0 Å². The third kappa shape index (κ3) is 4.61. The average molecular weight is 201 g/mol. The lowest BCUT2D eigenvalue weighted by molar-refractivity contribution is -0.152. The van der Waals surface area contributed by atoms with Crippen molar-refractivity contribution in [2.24, 2.45) is 5.73 Å². The average Bonchev–Trinajstić information content (AvgIpc) is 1.95. The fourth-order valence-corrected chi connectivity index (χ4v) is 0.709. The number of rotatable bonds is 3. The number of esters is 1. The van der Waals surface area contributed by atoms with Crippen LogP contribution < -0.4 is 5.73 Å². The van der Waals surface area contributed by atoms with Gasteiger partial charge in [-0.15, -0.1) is 0 Å². The maximum Gasteiger partial charge on any atom is 0.345 e. The summed E-state index contributed by atoms with van der Waals surface area (Å²) in [6.07, 6.45) is 1.12. The Morgan fingerprint density at radius 3 is 2.21 bits per heavy atom. The predicted molar refractivity (Wildman–Crippen MR) is 50.6 cm³/mol. The fraction of sp³-hybridized carbons (Fsp3) is 0.556. The summed E-state index contributed by atoms with van der Waals surface area (Å²) in [6, 6.07) is 0. The van der Waals surface area contributed by atoms with Crippen LogP contribution in [-0.4, -0.2) is 29.2 Å². The summed E-state index contributed by atoms with van der Waals surface area (Å²) in [5.41, 5.74) is 3.98. The van der Waals surface area contributed by atoms with Gasteiger partial charge in [-0.3, -0.25) is 0 Å². The van der Waals surface area contributed by atoms with Crippen LogP contribution in [0.15, 0.2) is 11.6 Å². The van der Waals surface area contributed by atoms with Crippen molar-refractivity contribution >= 4 is 11.9 Å². The van der Waals surface area contributed by atoms with Crippen LogP contribution in [0, 0.1) is 0 Å². The molecule has 0 spiro atoms. The number of ether oxygens (including phenoxy) is 1. The number of hydrogen-bond donors (Lipinski definition) is 2. The Kier molecular flexibility index (Phi) is 4.30. The maximum absolute atomic E-state index is 11.3. The Bertz CT molecular complexity index is 262. The van der Waals surface area contributed by atoms with Gasteiger partial charge in [0.15, 0.2) is 0 Å². The molecule has 14 heavy (non-hydrogen) atoms. The molecule has 0 fully saturated rings. The molecule has 0 aliphatic heterocycles. The van der Waals surface area contributed by atoms with E-state index < -0.39 is 23.1 Å². The lowest BCUT2D eigenvalue weighted by Gasteiger charge is -2.19. The van der Waals surface area contributed by atoms with Gasteiger partial charge in [0, 0.05) is 6.54 Å². The number of carbonyl (C=O) groups is 2. The smallest absolute Gasteiger partial charge is 0.345 e. The van der Waals surface area contributed by atoms with E-state index in [2.05, 4.69) is 0 Å². The molecule has 0 aromatic rings. The topological polar surface area (TPSA) is 89.6 Å². The lowest BCUT2D eigenvalue weighted by atomic mass is 10.2. The van der Waals surface area contributed by atoms with E-state index >= 15 is 0 Å². The van der Waals surface area contributed by atoms with Gasteiger partial charge in [0.25, 0.3) is 0 Å². The van der Waals surface area contributed by atoms with E-state index in [0.29, 0.717) is 0 Å².